The highest BCUT2D eigenvalue weighted by atomic mass is 35.5. The van der Waals surface area contributed by atoms with Crippen molar-refractivity contribution in [3.8, 4) is 10.6 Å². The van der Waals surface area contributed by atoms with Gasteiger partial charge in [-0.25, -0.2) is 0 Å². The van der Waals surface area contributed by atoms with Gasteiger partial charge in [-0.1, -0.05) is 40.6 Å². The van der Waals surface area contributed by atoms with Crippen LogP contribution in [0.25, 0.3) is 10.6 Å². The summed E-state index contributed by atoms with van der Waals surface area (Å²) < 4.78 is 3.62. The Balaban J connectivity index is 1.47. The minimum atomic E-state index is 0.484. The number of halogens is 2. The van der Waals surface area contributed by atoms with E-state index in [9.17, 15) is 0 Å². The molecule has 0 radical (unpaired) electrons. The van der Waals surface area contributed by atoms with Crippen LogP contribution in [0.1, 0.15) is 12.5 Å². The fourth-order valence-electron chi connectivity index (χ4n) is 2.51. The highest BCUT2D eigenvalue weighted by molar-refractivity contribution is 7.18. The maximum atomic E-state index is 6.22. The predicted molar refractivity (Wildman–Crippen MR) is 108 cm³/mol. The van der Waals surface area contributed by atoms with Gasteiger partial charge in [0.05, 0.1) is 18.3 Å². The van der Waals surface area contributed by atoms with Crippen molar-refractivity contribution in [2.24, 2.45) is 0 Å². The Morgan fingerprint density at radius 3 is 2.67 bits per heavy atom. The molecule has 3 aromatic heterocycles. The summed E-state index contributed by atoms with van der Waals surface area (Å²) in [4.78, 5) is 0. The van der Waals surface area contributed by atoms with E-state index in [1.807, 2.05) is 48.3 Å². The highest BCUT2D eigenvalue weighted by Gasteiger charge is 2.11. The maximum absolute atomic E-state index is 6.22. The summed E-state index contributed by atoms with van der Waals surface area (Å²) in [6.45, 7) is 3.34. The van der Waals surface area contributed by atoms with Crippen LogP contribution < -0.4 is 5.32 Å². The van der Waals surface area contributed by atoms with Gasteiger partial charge >= 0.3 is 0 Å². The Labute approximate surface area is 169 Å². The number of hydrogen-bond donors (Lipinski definition) is 1. The third kappa shape index (κ3) is 3.97. The molecule has 0 spiro atoms. The molecule has 1 N–H and O–H groups in total. The van der Waals surface area contributed by atoms with Crippen LogP contribution in [0.3, 0.4) is 0 Å². The van der Waals surface area contributed by atoms with Gasteiger partial charge in [0.15, 0.2) is 10.8 Å². The molecular formula is C17H15Cl2N7S. The number of benzene rings is 1. The second kappa shape index (κ2) is 7.67. The molecule has 10 heteroatoms. The average molecular weight is 420 g/mol. The van der Waals surface area contributed by atoms with Crippen LogP contribution in [0.15, 0.2) is 42.9 Å². The molecule has 1 aromatic carbocycles. The minimum Gasteiger partial charge on any atom is -0.313 e. The van der Waals surface area contributed by atoms with Gasteiger partial charge in [0.1, 0.15) is 0 Å². The van der Waals surface area contributed by atoms with Crippen LogP contribution in [0, 0.1) is 0 Å². The molecule has 0 unspecified atom stereocenters. The van der Waals surface area contributed by atoms with Crippen molar-refractivity contribution in [2.45, 2.75) is 20.0 Å². The van der Waals surface area contributed by atoms with E-state index in [1.54, 1.807) is 10.9 Å². The summed E-state index contributed by atoms with van der Waals surface area (Å²) in [5.41, 5.74) is 1.78. The third-order valence-electron chi connectivity index (χ3n) is 3.89. The molecule has 4 aromatic rings. The quantitative estimate of drug-likeness (QED) is 0.489. The van der Waals surface area contributed by atoms with E-state index in [0.29, 0.717) is 27.5 Å². The standard InChI is InChI=1S/C17H15Cl2N7S/c1-2-25-9-11(8-20-25)16-22-23-17(27-16)21-15-6-7-26(24-15)10-12-13(18)4-3-5-14(12)19/h3-9H,2,10H2,1H3,(H,21,23,24). The molecule has 7 nitrogen and oxygen atoms in total. The summed E-state index contributed by atoms with van der Waals surface area (Å²) >= 11 is 13.9. The topological polar surface area (TPSA) is 73.5 Å². The first-order chi connectivity index (χ1) is 13.1. The van der Waals surface area contributed by atoms with Gasteiger partial charge in [-0.15, -0.1) is 10.2 Å². The van der Waals surface area contributed by atoms with Crippen molar-refractivity contribution < 1.29 is 0 Å². The van der Waals surface area contributed by atoms with E-state index in [-0.39, 0.29) is 0 Å². The first kappa shape index (κ1) is 18.0. The van der Waals surface area contributed by atoms with E-state index in [2.05, 4.69) is 25.7 Å². The molecule has 0 aliphatic carbocycles. The van der Waals surface area contributed by atoms with Crippen molar-refractivity contribution in [3.05, 3.63) is 58.5 Å². The number of rotatable bonds is 6. The lowest BCUT2D eigenvalue weighted by atomic mass is 10.2. The number of aromatic nitrogens is 6. The first-order valence-corrected chi connectivity index (χ1v) is 9.79. The van der Waals surface area contributed by atoms with Crippen LogP contribution in [-0.4, -0.2) is 29.8 Å². The molecule has 0 aliphatic rings. The van der Waals surface area contributed by atoms with Crippen LogP contribution in [0.4, 0.5) is 10.9 Å². The zero-order valence-corrected chi connectivity index (χ0v) is 16.6. The van der Waals surface area contributed by atoms with Crippen LogP contribution in [-0.2, 0) is 13.1 Å². The molecule has 0 atom stereocenters. The van der Waals surface area contributed by atoms with E-state index >= 15 is 0 Å². The fraction of sp³-hybridized carbons (Fsp3) is 0.176. The van der Waals surface area contributed by atoms with Crippen molar-refractivity contribution in [3.63, 3.8) is 0 Å². The second-order valence-corrected chi connectivity index (χ2v) is 7.51. The van der Waals surface area contributed by atoms with Gasteiger partial charge < -0.3 is 5.32 Å². The van der Waals surface area contributed by atoms with Gasteiger partial charge in [-0.05, 0) is 19.1 Å². The predicted octanol–water partition coefficient (Wildman–Crippen LogP) is 4.72. The largest absolute Gasteiger partial charge is 0.313 e. The van der Waals surface area contributed by atoms with E-state index in [0.717, 1.165) is 22.7 Å². The Hall–Kier alpha value is -2.42. The first-order valence-electron chi connectivity index (χ1n) is 8.22. The lowest BCUT2D eigenvalue weighted by Gasteiger charge is -2.06. The summed E-state index contributed by atoms with van der Waals surface area (Å²) in [5.74, 6) is 0.671. The van der Waals surface area contributed by atoms with Gasteiger partial charge in [0, 0.05) is 40.6 Å². The van der Waals surface area contributed by atoms with Crippen molar-refractivity contribution in [1.29, 1.82) is 0 Å². The van der Waals surface area contributed by atoms with E-state index < -0.39 is 0 Å². The van der Waals surface area contributed by atoms with Crippen LogP contribution >= 0.6 is 34.5 Å². The maximum Gasteiger partial charge on any atom is 0.211 e. The molecule has 4 rings (SSSR count). The summed E-state index contributed by atoms with van der Waals surface area (Å²) in [7, 11) is 0. The number of hydrogen-bond acceptors (Lipinski definition) is 6. The van der Waals surface area contributed by atoms with Gasteiger partial charge in [-0.3, -0.25) is 9.36 Å². The van der Waals surface area contributed by atoms with E-state index in [4.69, 9.17) is 23.2 Å². The molecule has 138 valence electrons. The molecule has 27 heavy (non-hydrogen) atoms. The minimum absolute atomic E-state index is 0.484. The zero-order chi connectivity index (χ0) is 18.8. The van der Waals surface area contributed by atoms with Gasteiger partial charge in [0.25, 0.3) is 0 Å². The fourth-order valence-corrected chi connectivity index (χ4v) is 3.75. The summed E-state index contributed by atoms with van der Waals surface area (Å²) in [6, 6.07) is 7.31. The molecule has 3 heterocycles. The van der Waals surface area contributed by atoms with Gasteiger partial charge in [-0.2, -0.15) is 10.2 Å². The van der Waals surface area contributed by atoms with Crippen molar-refractivity contribution >= 4 is 45.5 Å². The number of aryl methyl sites for hydroxylation is 1. The lowest BCUT2D eigenvalue weighted by molar-refractivity contribution is 0.660. The highest BCUT2D eigenvalue weighted by Crippen LogP contribution is 2.28. The van der Waals surface area contributed by atoms with Crippen LogP contribution in [0.5, 0.6) is 0 Å². The molecule has 0 bridgehead atoms. The Morgan fingerprint density at radius 1 is 1.11 bits per heavy atom. The van der Waals surface area contributed by atoms with Crippen LogP contribution in [0.2, 0.25) is 10.0 Å². The number of nitrogens with zero attached hydrogens (tertiary/aromatic N) is 6. The zero-order valence-electron chi connectivity index (χ0n) is 14.3. The van der Waals surface area contributed by atoms with Crippen molar-refractivity contribution in [1.82, 2.24) is 29.8 Å². The normalized spacial score (nSPS) is 11.1. The molecule has 0 fully saturated rings. The summed E-state index contributed by atoms with van der Waals surface area (Å²) in [5, 5.41) is 23.0. The SMILES string of the molecule is CCn1cc(-c2nnc(Nc3ccn(Cc4c(Cl)cccc4Cl)n3)s2)cn1. The Kier molecular flexibility index (Phi) is 5.11. The summed E-state index contributed by atoms with van der Waals surface area (Å²) in [6.07, 6.45) is 5.59. The molecule has 0 saturated heterocycles. The smallest absolute Gasteiger partial charge is 0.211 e. The Bertz CT molecular complexity index is 1050. The molecule has 0 amide bonds. The number of nitrogens with one attached hydrogen (secondary N) is 1. The molecule has 0 saturated carbocycles. The third-order valence-corrected chi connectivity index (χ3v) is 5.48. The second-order valence-electron chi connectivity index (χ2n) is 5.72. The Morgan fingerprint density at radius 2 is 1.93 bits per heavy atom. The van der Waals surface area contributed by atoms with Gasteiger partial charge in [0.2, 0.25) is 5.13 Å². The monoisotopic (exact) mass is 419 g/mol. The number of anilines is 2. The lowest BCUT2D eigenvalue weighted by Crippen LogP contribution is -2.02. The van der Waals surface area contributed by atoms with Crippen molar-refractivity contribution in [2.75, 3.05) is 5.32 Å². The molecule has 0 aliphatic heterocycles. The van der Waals surface area contributed by atoms with E-state index in [1.165, 1.54) is 11.3 Å². The molecular weight excluding hydrogens is 405 g/mol. The average Bonchev–Trinajstić information content (AvgIpc) is 3.39.